The van der Waals surface area contributed by atoms with Crippen molar-refractivity contribution in [1.29, 1.82) is 5.41 Å². The molecule has 58 valence electrons. The van der Waals surface area contributed by atoms with Crippen molar-refractivity contribution in [2.75, 3.05) is 19.9 Å². The average molecular weight is 162 g/mol. The first-order valence-corrected chi connectivity index (χ1v) is 3.89. The Hall–Kier alpha value is -0.710. The van der Waals surface area contributed by atoms with Crippen molar-refractivity contribution in [2.24, 2.45) is 0 Å². The van der Waals surface area contributed by atoms with E-state index in [0.29, 0.717) is 5.04 Å². The first kappa shape index (κ1) is 9.29. The van der Waals surface area contributed by atoms with Gasteiger partial charge < -0.3 is 10.1 Å². The molecule has 1 amide bonds. The lowest BCUT2D eigenvalue weighted by Gasteiger charge is -2.01. The van der Waals surface area contributed by atoms with Crippen LogP contribution in [0.3, 0.4) is 0 Å². The fourth-order valence-corrected chi connectivity index (χ4v) is 0.439. The highest BCUT2D eigenvalue weighted by Crippen LogP contribution is 1.94. The Kier molecular flexibility index (Phi) is 4.74. The van der Waals surface area contributed by atoms with Crippen LogP contribution in [0.5, 0.6) is 0 Å². The fraction of sp³-hybridized carbons (Fsp3) is 0.600. The quantitative estimate of drug-likeness (QED) is 0.463. The Bertz CT molecular complexity index is 122. The van der Waals surface area contributed by atoms with Gasteiger partial charge in [-0.1, -0.05) is 0 Å². The molecule has 0 aromatic rings. The van der Waals surface area contributed by atoms with Crippen molar-refractivity contribution in [3.8, 4) is 0 Å². The summed E-state index contributed by atoms with van der Waals surface area (Å²) in [7, 11) is 1.48. The highest BCUT2D eigenvalue weighted by molar-refractivity contribution is 8.13. The molecule has 0 aromatic carbocycles. The molecule has 0 aliphatic heterocycles. The SMILES string of the molecule is CNC(=O)OCC(=N)SC. The van der Waals surface area contributed by atoms with Crippen LogP contribution in [0, 0.1) is 5.41 Å². The predicted molar refractivity (Wildman–Crippen MR) is 41.6 cm³/mol. The topological polar surface area (TPSA) is 62.2 Å². The van der Waals surface area contributed by atoms with Crippen molar-refractivity contribution in [2.45, 2.75) is 0 Å². The highest BCUT2D eigenvalue weighted by atomic mass is 32.2. The van der Waals surface area contributed by atoms with E-state index in [1.54, 1.807) is 6.26 Å². The summed E-state index contributed by atoms with van der Waals surface area (Å²) in [5.41, 5.74) is 0. The molecule has 0 aliphatic carbocycles. The minimum absolute atomic E-state index is 0.0564. The first-order valence-electron chi connectivity index (χ1n) is 2.66. The van der Waals surface area contributed by atoms with E-state index in [1.807, 2.05) is 0 Å². The number of hydrogen-bond donors (Lipinski definition) is 2. The van der Waals surface area contributed by atoms with Gasteiger partial charge in [0, 0.05) is 7.05 Å². The summed E-state index contributed by atoms with van der Waals surface area (Å²) in [6.45, 7) is 0.0564. The van der Waals surface area contributed by atoms with Gasteiger partial charge in [-0.3, -0.25) is 5.41 Å². The second-order valence-corrected chi connectivity index (χ2v) is 2.35. The molecule has 0 aliphatic rings. The van der Waals surface area contributed by atoms with Crippen LogP contribution in [-0.2, 0) is 4.74 Å². The molecular weight excluding hydrogens is 152 g/mol. The van der Waals surface area contributed by atoms with Gasteiger partial charge in [-0.15, -0.1) is 11.8 Å². The van der Waals surface area contributed by atoms with Crippen LogP contribution in [0.1, 0.15) is 0 Å². The van der Waals surface area contributed by atoms with Crippen LogP contribution in [0.25, 0.3) is 0 Å². The number of carbonyl (C=O) groups is 1. The summed E-state index contributed by atoms with van der Waals surface area (Å²) in [4.78, 5) is 10.4. The van der Waals surface area contributed by atoms with Crippen LogP contribution in [0.4, 0.5) is 4.79 Å². The van der Waals surface area contributed by atoms with Crippen LogP contribution < -0.4 is 5.32 Å². The third-order valence-corrected chi connectivity index (χ3v) is 1.40. The van der Waals surface area contributed by atoms with E-state index in [0.717, 1.165) is 0 Å². The van der Waals surface area contributed by atoms with Crippen LogP contribution in [0.15, 0.2) is 0 Å². The molecule has 0 bridgehead atoms. The number of carbonyl (C=O) groups excluding carboxylic acids is 1. The Balaban J connectivity index is 3.35. The highest BCUT2D eigenvalue weighted by Gasteiger charge is 1.98. The summed E-state index contributed by atoms with van der Waals surface area (Å²) in [6.07, 6.45) is 1.26. The van der Waals surface area contributed by atoms with Crippen molar-refractivity contribution in [3.63, 3.8) is 0 Å². The summed E-state index contributed by atoms with van der Waals surface area (Å²) < 4.78 is 4.55. The minimum atomic E-state index is -0.501. The van der Waals surface area contributed by atoms with Gasteiger partial charge in [0.1, 0.15) is 11.7 Å². The number of amides is 1. The smallest absolute Gasteiger partial charge is 0.407 e. The molecule has 0 saturated heterocycles. The van der Waals surface area contributed by atoms with E-state index in [4.69, 9.17) is 5.41 Å². The molecule has 2 N–H and O–H groups in total. The van der Waals surface area contributed by atoms with Crippen LogP contribution in [0.2, 0.25) is 0 Å². The van der Waals surface area contributed by atoms with Crippen LogP contribution >= 0.6 is 11.8 Å². The molecule has 0 rings (SSSR count). The summed E-state index contributed by atoms with van der Waals surface area (Å²) in [6, 6.07) is 0. The lowest BCUT2D eigenvalue weighted by molar-refractivity contribution is 0.164. The number of nitrogens with one attached hydrogen (secondary N) is 2. The zero-order valence-electron chi connectivity index (χ0n) is 5.93. The number of ether oxygens (including phenoxy) is 1. The van der Waals surface area contributed by atoms with Gasteiger partial charge in [0.2, 0.25) is 0 Å². The van der Waals surface area contributed by atoms with Gasteiger partial charge in [-0.25, -0.2) is 4.79 Å². The molecule has 0 atom stereocenters. The van der Waals surface area contributed by atoms with Crippen molar-refractivity contribution >= 4 is 22.9 Å². The third kappa shape index (κ3) is 4.20. The van der Waals surface area contributed by atoms with Gasteiger partial charge in [0.05, 0.1) is 0 Å². The fourth-order valence-electron chi connectivity index (χ4n) is 0.262. The Morgan fingerprint density at radius 3 is 2.80 bits per heavy atom. The average Bonchev–Trinajstić information content (AvgIpc) is 1.99. The lowest BCUT2D eigenvalue weighted by Crippen LogP contribution is -2.21. The third-order valence-electron chi connectivity index (χ3n) is 0.785. The Labute approximate surface area is 63.8 Å². The van der Waals surface area contributed by atoms with E-state index in [9.17, 15) is 4.79 Å². The van der Waals surface area contributed by atoms with E-state index in [1.165, 1.54) is 18.8 Å². The largest absolute Gasteiger partial charge is 0.443 e. The first-order chi connectivity index (χ1) is 4.70. The van der Waals surface area contributed by atoms with E-state index < -0.39 is 6.09 Å². The zero-order chi connectivity index (χ0) is 7.98. The molecule has 0 unspecified atom stereocenters. The number of hydrogen-bond acceptors (Lipinski definition) is 4. The van der Waals surface area contributed by atoms with Crippen molar-refractivity contribution in [1.82, 2.24) is 5.32 Å². The van der Waals surface area contributed by atoms with Crippen molar-refractivity contribution in [3.05, 3.63) is 0 Å². The van der Waals surface area contributed by atoms with Gasteiger partial charge in [0.15, 0.2) is 0 Å². The number of thioether (sulfide) groups is 1. The van der Waals surface area contributed by atoms with Crippen molar-refractivity contribution < 1.29 is 9.53 Å². The monoisotopic (exact) mass is 162 g/mol. The molecular formula is C5H10N2O2S. The molecule has 10 heavy (non-hydrogen) atoms. The molecule has 4 nitrogen and oxygen atoms in total. The Morgan fingerprint density at radius 2 is 2.40 bits per heavy atom. The molecule has 0 saturated carbocycles. The van der Waals surface area contributed by atoms with Gasteiger partial charge >= 0.3 is 6.09 Å². The van der Waals surface area contributed by atoms with Gasteiger partial charge in [-0.2, -0.15) is 0 Å². The van der Waals surface area contributed by atoms with E-state index in [2.05, 4.69) is 10.1 Å². The molecule has 5 heteroatoms. The van der Waals surface area contributed by atoms with Gasteiger partial charge in [-0.05, 0) is 6.26 Å². The summed E-state index contributed by atoms with van der Waals surface area (Å²) in [5.74, 6) is 0. The maximum absolute atomic E-state index is 10.4. The molecule has 0 heterocycles. The summed E-state index contributed by atoms with van der Waals surface area (Å²) >= 11 is 1.26. The standard InChI is InChI=1S/C5H10N2O2S/c1-7-5(8)9-3-4(6)10-2/h6H,3H2,1-2H3,(H,7,8). The minimum Gasteiger partial charge on any atom is -0.443 e. The predicted octanol–water partition coefficient (Wildman–Crippen LogP) is 0.683. The molecule has 0 radical (unpaired) electrons. The lowest BCUT2D eigenvalue weighted by atomic mass is 10.8. The van der Waals surface area contributed by atoms with E-state index in [-0.39, 0.29) is 6.61 Å². The number of rotatable bonds is 2. The zero-order valence-corrected chi connectivity index (χ0v) is 6.75. The van der Waals surface area contributed by atoms with Gasteiger partial charge in [0.25, 0.3) is 0 Å². The Morgan fingerprint density at radius 1 is 1.80 bits per heavy atom. The second kappa shape index (κ2) is 5.10. The van der Waals surface area contributed by atoms with Crippen LogP contribution in [-0.4, -0.2) is 31.0 Å². The normalized spacial score (nSPS) is 8.60. The maximum Gasteiger partial charge on any atom is 0.407 e. The number of alkyl carbamates (subject to hydrolysis) is 1. The maximum atomic E-state index is 10.4. The van der Waals surface area contributed by atoms with E-state index >= 15 is 0 Å². The molecule has 0 aromatic heterocycles. The molecule has 0 fully saturated rings. The molecule has 0 spiro atoms. The second-order valence-electron chi connectivity index (χ2n) is 1.45. The summed E-state index contributed by atoms with van der Waals surface area (Å²) in [5, 5.41) is 9.68.